The number of hydrogen-bond acceptors (Lipinski definition) is 5. The van der Waals surface area contributed by atoms with Gasteiger partial charge in [-0.3, -0.25) is 4.79 Å². The lowest BCUT2D eigenvalue weighted by molar-refractivity contribution is -0.133. The molecule has 0 heterocycles. The third-order valence-electron chi connectivity index (χ3n) is 2.14. The Hall–Kier alpha value is -2.48. The zero-order valence-corrected chi connectivity index (χ0v) is 10.3. The number of benzene rings is 1. The first-order valence-corrected chi connectivity index (χ1v) is 4.97. The normalized spacial score (nSPS) is 8.83. The molecular weight excluding hydrogens is 236 g/mol. The third-order valence-corrected chi connectivity index (χ3v) is 2.14. The maximum atomic E-state index is 11.0. The van der Waals surface area contributed by atoms with E-state index in [1.54, 1.807) is 0 Å². The molecule has 1 rings (SSSR count). The van der Waals surface area contributed by atoms with E-state index >= 15 is 0 Å². The van der Waals surface area contributed by atoms with Crippen LogP contribution in [0.15, 0.2) is 12.1 Å². The lowest BCUT2D eigenvalue weighted by Gasteiger charge is -2.09. The first-order valence-electron chi connectivity index (χ1n) is 4.97. The molecule has 0 aromatic heterocycles. The second-order valence-electron chi connectivity index (χ2n) is 3.16. The first-order chi connectivity index (χ1) is 8.65. The minimum absolute atomic E-state index is 0.354. The van der Waals surface area contributed by atoms with Crippen LogP contribution in [0.3, 0.4) is 0 Å². The molecule has 0 aliphatic carbocycles. The van der Waals surface area contributed by atoms with Crippen LogP contribution in [0.5, 0.6) is 11.5 Å². The summed E-state index contributed by atoms with van der Waals surface area (Å²) >= 11 is 0. The fraction of sp³-hybridized carbons (Fsp3) is 0.231. The van der Waals surface area contributed by atoms with Crippen molar-refractivity contribution in [3.63, 3.8) is 0 Å². The van der Waals surface area contributed by atoms with E-state index in [1.165, 1.54) is 33.5 Å². The van der Waals surface area contributed by atoms with Gasteiger partial charge in [-0.05, 0) is 18.1 Å². The molecule has 0 spiro atoms. The highest BCUT2D eigenvalue weighted by Crippen LogP contribution is 2.29. The predicted octanol–water partition coefficient (Wildman–Crippen LogP) is 1.04. The van der Waals surface area contributed by atoms with Crippen LogP contribution in [-0.4, -0.2) is 33.6 Å². The molecule has 0 aliphatic heterocycles. The summed E-state index contributed by atoms with van der Waals surface area (Å²) in [5.41, 5.74) is 0.781. The predicted molar refractivity (Wildman–Crippen MR) is 63.8 cm³/mol. The highest BCUT2D eigenvalue weighted by molar-refractivity contribution is 5.89. The molecular formula is C13H12O5. The molecule has 0 unspecified atom stereocenters. The molecule has 18 heavy (non-hydrogen) atoms. The van der Waals surface area contributed by atoms with E-state index in [0.29, 0.717) is 28.9 Å². The summed E-state index contributed by atoms with van der Waals surface area (Å²) in [6.45, 7) is 0. The lowest BCUT2D eigenvalue weighted by atomic mass is 10.1. The minimum atomic E-state index is -0.668. The van der Waals surface area contributed by atoms with Crippen LogP contribution in [0.2, 0.25) is 0 Å². The van der Waals surface area contributed by atoms with Gasteiger partial charge in [-0.1, -0.05) is 0 Å². The maximum Gasteiger partial charge on any atom is 0.384 e. The lowest BCUT2D eigenvalue weighted by Crippen LogP contribution is -1.98. The van der Waals surface area contributed by atoms with E-state index < -0.39 is 5.97 Å². The van der Waals surface area contributed by atoms with Crippen LogP contribution in [0.4, 0.5) is 0 Å². The van der Waals surface area contributed by atoms with Crippen LogP contribution in [0, 0.1) is 11.8 Å². The van der Waals surface area contributed by atoms with Gasteiger partial charge in [0, 0.05) is 11.5 Å². The third kappa shape index (κ3) is 3.01. The minimum Gasteiger partial charge on any atom is -0.495 e. The number of hydrogen-bond donors (Lipinski definition) is 0. The van der Waals surface area contributed by atoms with Crippen molar-refractivity contribution in [2.75, 3.05) is 21.3 Å². The van der Waals surface area contributed by atoms with Gasteiger partial charge in [0.25, 0.3) is 0 Å². The Labute approximate surface area is 105 Å². The summed E-state index contributed by atoms with van der Waals surface area (Å²) in [4.78, 5) is 21.7. The summed E-state index contributed by atoms with van der Waals surface area (Å²) in [6, 6.07) is 3.02. The summed E-state index contributed by atoms with van der Waals surface area (Å²) in [6.07, 6.45) is 0.669. The van der Waals surface area contributed by atoms with Gasteiger partial charge < -0.3 is 14.2 Å². The summed E-state index contributed by atoms with van der Waals surface area (Å²) in [5.74, 6) is 4.91. The van der Waals surface area contributed by atoms with E-state index in [0.717, 1.165) is 0 Å². The summed E-state index contributed by atoms with van der Waals surface area (Å²) in [5, 5.41) is 0. The van der Waals surface area contributed by atoms with Crippen LogP contribution in [0.1, 0.15) is 15.9 Å². The van der Waals surface area contributed by atoms with Crippen molar-refractivity contribution < 1.29 is 23.8 Å². The van der Waals surface area contributed by atoms with E-state index in [1.807, 2.05) is 0 Å². The SMILES string of the molecule is COC(=O)C#Cc1c(OC)cc(C=O)cc1OC. The molecule has 0 fully saturated rings. The second-order valence-corrected chi connectivity index (χ2v) is 3.16. The Morgan fingerprint density at radius 3 is 2.11 bits per heavy atom. The van der Waals surface area contributed by atoms with E-state index in [9.17, 15) is 9.59 Å². The Bertz CT molecular complexity index is 497. The Kier molecular flexibility index (Phi) is 4.76. The van der Waals surface area contributed by atoms with Gasteiger partial charge in [0.15, 0.2) is 0 Å². The molecule has 0 saturated carbocycles. The van der Waals surface area contributed by atoms with Gasteiger partial charge in [-0.2, -0.15) is 0 Å². The average Bonchev–Trinajstić information content (AvgIpc) is 2.43. The van der Waals surface area contributed by atoms with Crippen molar-refractivity contribution in [1.29, 1.82) is 0 Å². The fourth-order valence-electron chi connectivity index (χ4n) is 1.29. The maximum absolute atomic E-state index is 11.0. The Balaban J connectivity index is 3.34. The van der Waals surface area contributed by atoms with E-state index in [4.69, 9.17) is 9.47 Å². The zero-order valence-electron chi connectivity index (χ0n) is 10.3. The number of aldehydes is 1. The first kappa shape index (κ1) is 13.6. The summed E-state index contributed by atoms with van der Waals surface area (Å²) in [7, 11) is 4.11. The van der Waals surface area contributed by atoms with Gasteiger partial charge >= 0.3 is 5.97 Å². The summed E-state index contributed by atoms with van der Waals surface area (Å²) < 4.78 is 14.6. The van der Waals surface area contributed by atoms with Crippen molar-refractivity contribution in [3.8, 4) is 23.3 Å². The van der Waals surface area contributed by atoms with Crippen LogP contribution in [-0.2, 0) is 9.53 Å². The highest BCUT2D eigenvalue weighted by atomic mass is 16.5. The largest absolute Gasteiger partial charge is 0.495 e. The molecule has 1 aromatic carbocycles. The molecule has 0 N–H and O–H groups in total. The van der Waals surface area contributed by atoms with Crippen molar-refractivity contribution in [2.24, 2.45) is 0 Å². The van der Waals surface area contributed by atoms with Gasteiger partial charge in [-0.25, -0.2) is 4.79 Å². The number of carbonyl (C=O) groups excluding carboxylic acids is 2. The molecule has 0 amide bonds. The van der Waals surface area contributed by atoms with Crippen molar-refractivity contribution >= 4 is 12.3 Å². The molecule has 0 radical (unpaired) electrons. The Morgan fingerprint density at radius 2 is 1.72 bits per heavy atom. The van der Waals surface area contributed by atoms with Crippen molar-refractivity contribution in [3.05, 3.63) is 23.3 Å². The molecule has 0 aliphatic rings. The Morgan fingerprint density at radius 1 is 1.17 bits per heavy atom. The fourth-order valence-corrected chi connectivity index (χ4v) is 1.29. The number of carbonyl (C=O) groups is 2. The standard InChI is InChI=1S/C13H12O5/c1-16-11-6-9(8-14)7-12(17-2)10(11)4-5-13(15)18-3/h6-8H,1-3H3. The molecule has 94 valence electrons. The van der Waals surface area contributed by atoms with E-state index in [2.05, 4.69) is 16.6 Å². The average molecular weight is 248 g/mol. The van der Waals surface area contributed by atoms with Gasteiger partial charge in [-0.15, -0.1) is 0 Å². The van der Waals surface area contributed by atoms with Crippen molar-refractivity contribution in [2.45, 2.75) is 0 Å². The van der Waals surface area contributed by atoms with Gasteiger partial charge in [0.2, 0.25) is 0 Å². The van der Waals surface area contributed by atoms with Crippen molar-refractivity contribution in [1.82, 2.24) is 0 Å². The molecule has 1 aromatic rings. The number of rotatable bonds is 3. The van der Waals surface area contributed by atoms with Crippen LogP contribution < -0.4 is 9.47 Å². The topological polar surface area (TPSA) is 61.8 Å². The number of esters is 1. The van der Waals surface area contributed by atoms with Crippen LogP contribution >= 0.6 is 0 Å². The molecule has 5 nitrogen and oxygen atoms in total. The second kappa shape index (κ2) is 6.30. The molecule has 0 saturated heterocycles. The monoisotopic (exact) mass is 248 g/mol. The van der Waals surface area contributed by atoms with Gasteiger partial charge in [0.1, 0.15) is 23.3 Å². The number of methoxy groups -OCH3 is 3. The highest BCUT2D eigenvalue weighted by Gasteiger charge is 2.10. The number of ether oxygens (including phenoxy) is 3. The smallest absolute Gasteiger partial charge is 0.384 e. The van der Waals surface area contributed by atoms with E-state index in [-0.39, 0.29) is 0 Å². The molecule has 0 atom stereocenters. The van der Waals surface area contributed by atoms with Gasteiger partial charge in [0.05, 0.1) is 21.3 Å². The van der Waals surface area contributed by atoms with Crippen LogP contribution in [0.25, 0.3) is 0 Å². The quantitative estimate of drug-likeness (QED) is 0.454. The molecule has 0 bridgehead atoms. The molecule has 5 heteroatoms. The zero-order chi connectivity index (χ0) is 13.5.